The molecule has 0 aliphatic heterocycles. The average Bonchev–Trinajstić information content (AvgIpc) is 2.98. The summed E-state index contributed by atoms with van der Waals surface area (Å²) in [5, 5.41) is 0. The van der Waals surface area contributed by atoms with E-state index in [9.17, 15) is 4.39 Å². The van der Waals surface area contributed by atoms with E-state index in [1.807, 2.05) is 20.8 Å². The van der Waals surface area contributed by atoms with E-state index in [2.05, 4.69) is 4.98 Å². The first-order chi connectivity index (χ1) is 7.47. The van der Waals surface area contributed by atoms with E-state index in [4.69, 9.17) is 4.74 Å². The fourth-order valence-electron chi connectivity index (χ4n) is 1.42. The van der Waals surface area contributed by atoms with Crippen molar-refractivity contribution in [2.45, 2.75) is 39.0 Å². The van der Waals surface area contributed by atoms with Gasteiger partial charge in [-0.25, -0.2) is 9.37 Å². The molecule has 3 heteroatoms. The van der Waals surface area contributed by atoms with Crippen LogP contribution in [0.4, 0.5) is 4.39 Å². The number of ether oxygens (including phenoxy) is 1. The lowest BCUT2D eigenvalue weighted by Crippen LogP contribution is -2.13. The molecule has 0 radical (unpaired) electrons. The number of pyridine rings is 1. The van der Waals surface area contributed by atoms with Crippen LogP contribution in [0.5, 0.6) is 5.88 Å². The van der Waals surface area contributed by atoms with Crippen molar-refractivity contribution in [2.24, 2.45) is 5.92 Å². The average molecular weight is 223 g/mol. The maximum absolute atomic E-state index is 13.7. The quantitative estimate of drug-likeness (QED) is 0.784. The Labute approximate surface area is 95.8 Å². The monoisotopic (exact) mass is 223 g/mol. The normalized spacial score (nSPS) is 16.2. The van der Waals surface area contributed by atoms with Gasteiger partial charge in [0.1, 0.15) is 0 Å². The van der Waals surface area contributed by atoms with E-state index < -0.39 is 0 Å². The van der Waals surface area contributed by atoms with Crippen LogP contribution in [0.25, 0.3) is 0 Å². The molecule has 2 rings (SSSR count). The van der Waals surface area contributed by atoms with Crippen LogP contribution in [-0.2, 0) is 5.41 Å². The second kappa shape index (κ2) is 4.04. The summed E-state index contributed by atoms with van der Waals surface area (Å²) in [6.07, 6.45) is 4.09. The molecule has 1 aliphatic rings. The van der Waals surface area contributed by atoms with E-state index in [-0.39, 0.29) is 17.1 Å². The highest BCUT2D eigenvalue weighted by Gasteiger charge is 2.23. The predicted molar refractivity (Wildman–Crippen MR) is 61.1 cm³/mol. The highest BCUT2D eigenvalue weighted by Crippen LogP contribution is 2.30. The lowest BCUT2D eigenvalue weighted by molar-refractivity contribution is 0.272. The maximum Gasteiger partial charge on any atom is 0.250 e. The van der Waals surface area contributed by atoms with Gasteiger partial charge in [-0.15, -0.1) is 0 Å². The van der Waals surface area contributed by atoms with Crippen LogP contribution in [0.2, 0.25) is 0 Å². The molecule has 1 aliphatic carbocycles. The Hall–Kier alpha value is -1.12. The molecule has 0 N–H and O–H groups in total. The molecule has 1 saturated carbocycles. The molecule has 2 nitrogen and oxygen atoms in total. The summed E-state index contributed by atoms with van der Waals surface area (Å²) < 4.78 is 19.0. The predicted octanol–water partition coefficient (Wildman–Crippen LogP) is 3.31. The molecule has 88 valence electrons. The van der Waals surface area contributed by atoms with Gasteiger partial charge in [-0.3, -0.25) is 0 Å². The third kappa shape index (κ3) is 2.71. The second-order valence-electron chi connectivity index (χ2n) is 5.52. The van der Waals surface area contributed by atoms with Crippen molar-refractivity contribution in [2.75, 3.05) is 6.61 Å². The van der Waals surface area contributed by atoms with Gasteiger partial charge in [0.2, 0.25) is 5.88 Å². The van der Waals surface area contributed by atoms with Crippen molar-refractivity contribution < 1.29 is 9.13 Å². The molecule has 0 atom stereocenters. The van der Waals surface area contributed by atoms with E-state index >= 15 is 0 Å². The minimum absolute atomic E-state index is 0.0805. The zero-order chi connectivity index (χ0) is 11.8. The second-order valence-corrected chi connectivity index (χ2v) is 5.52. The summed E-state index contributed by atoms with van der Waals surface area (Å²) in [4.78, 5) is 4.05. The summed E-state index contributed by atoms with van der Waals surface area (Å²) in [7, 11) is 0. The van der Waals surface area contributed by atoms with Crippen molar-refractivity contribution in [1.29, 1.82) is 0 Å². The fourth-order valence-corrected chi connectivity index (χ4v) is 1.42. The first kappa shape index (κ1) is 11.4. The summed E-state index contributed by atoms with van der Waals surface area (Å²) in [5.41, 5.74) is 0.812. The third-order valence-electron chi connectivity index (χ3n) is 2.83. The third-order valence-corrected chi connectivity index (χ3v) is 2.83. The van der Waals surface area contributed by atoms with Gasteiger partial charge in [0.15, 0.2) is 5.82 Å². The van der Waals surface area contributed by atoms with Crippen LogP contribution in [0.1, 0.15) is 39.2 Å². The molecule has 0 spiro atoms. The highest BCUT2D eigenvalue weighted by atomic mass is 19.1. The zero-order valence-electron chi connectivity index (χ0n) is 10.1. The number of hydrogen-bond donors (Lipinski definition) is 0. The van der Waals surface area contributed by atoms with E-state index in [0.29, 0.717) is 12.5 Å². The summed E-state index contributed by atoms with van der Waals surface area (Å²) >= 11 is 0. The number of aromatic nitrogens is 1. The van der Waals surface area contributed by atoms with Crippen LogP contribution >= 0.6 is 0 Å². The Bertz CT molecular complexity index is 380. The minimum Gasteiger partial charge on any atom is -0.475 e. The highest BCUT2D eigenvalue weighted by molar-refractivity contribution is 5.25. The Balaban J connectivity index is 2.09. The Morgan fingerprint density at radius 2 is 2.12 bits per heavy atom. The molecular weight excluding hydrogens is 205 g/mol. The summed E-state index contributed by atoms with van der Waals surface area (Å²) in [5.74, 6) is 0.400. The molecule has 1 heterocycles. The number of halogens is 1. The lowest BCUT2D eigenvalue weighted by atomic mass is 9.88. The molecule has 0 saturated heterocycles. The topological polar surface area (TPSA) is 22.1 Å². The molecule has 1 fully saturated rings. The van der Waals surface area contributed by atoms with Gasteiger partial charge in [-0.2, -0.15) is 0 Å². The maximum atomic E-state index is 13.7. The van der Waals surface area contributed by atoms with Crippen molar-refractivity contribution in [3.05, 3.63) is 23.6 Å². The molecule has 0 amide bonds. The zero-order valence-corrected chi connectivity index (χ0v) is 10.1. The SMILES string of the molecule is CC(C)(C)c1cnc(OCC2CC2)c(F)c1. The van der Waals surface area contributed by atoms with Crippen molar-refractivity contribution in [3.8, 4) is 5.88 Å². The van der Waals surface area contributed by atoms with Crippen molar-refractivity contribution in [1.82, 2.24) is 4.98 Å². The van der Waals surface area contributed by atoms with Gasteiger partial charge in [0, 0.05) is 6.20 Å². The number of hydrogen-bond acceptors (Lipinski definition) is 2. The van der Waals surface area contributed by atoms with Gasteiger partial charge < -0.3 is 4.74 Å². The van der Waals surface area contributed by atoms with E-state index in [0.717, 1.165) is 5.56 Å². The molecule has 0 aromatic carbocycles. The van der Waals surface area contributed by atoms with Gasteiger partial charge in [0.25, 0.3) is 0 Å². The summed E-state index contributed by atoms with van der Waals surface area (Å²) in [6.45, 7) is 6.70. The molecule has 1 aromatic rings. The van der Waals surface area contributed by atoms with Gasteiger partial charge in [-0.05, 0) is 35.8 Å². The molecule has 16 heavy (non-hydrogen) atoms. The Morgan fingerprint density at radius 1 is 1.44 bits per heavy atom. The Morgan fingerprint density at radius 3 is 2.62 bits per heavy atom. The first-order valence-electron chi connectivity index (χ1n) is 5.75. The van der Waals surface area contributed by atoms with Gasteiger partial charge >= 0.3 is 0 Å². The van der Waals surface area contributed by atoms with Crippen LogP contribution in [0, 0.1) is 11.7 Å². The van der Waals surface area contributed by atoms with Crippen LogP contribution in [0.15, 0.2) is 12.3 Å². The minimum atomic E-state index is -0.354. The van der Waals surface area contributed by atoms with Crippen molar-refractivity contribution >= 4 is 0 Å². The van der Waals surface area contributed by atoms with Crippen LogP contribution < -0.4 is 4.74 Å². The molecular formula is C13H18FNO. The van der Waals surface area contributed by atoms with Crippen LogP contribution in [-0.4, -0.2) is 11.6 Å². The lowest BCUT2D eigenvalue weighted by Gasteiger charge is -2.18. The van der Waals surface area contributed by atoms with Crippen molar-refractivity contribution in [3.63, 3.8) is 0 Å². The van der Waals surface area contributed by atoms with E-state index in [1.54, 1.807) is 6.20 Å². The number of rotatable bonds is 3. The Kier molecular flexibility index (Phi) is 2.87. The molecule has 0 bridgehead atoms. The molecule has 0 unspecified atom stereocenters. The van der Waals surface area contributed by atoms with Crippen LogP contribution in [0.3, 0.4) is 0 Å². The smallest absolute Gasteiger partial charge is 0.250 e. The summed E-state index contributed by atoms with van der Waals surface area (Å²) in [6, 6.07) is 1.52. The van der Waals surface area contributed by atoms with Gasteiger partial charge in [-0.1, -0.05) is 20.8 Å². The standard InChI is InChI=1S/C13H18FNO/c1-13(2,3)10-6-11(14)12(15-7-10)16-8-9-4-5-9/h6-7,9H,4-5,8H2,1-3H3. The largest absolute Gasteiger partial charge is 0.475 e. The van der Waals surface area contributed by atoms with E-state index in [1.165, 1.54) is 18.9 Å². The van der Waals surface area contributed by atoms with Gasteiger partial charge in [0.05, 0.1) is 6.61 Å². The number of nitrogens with zero attached hydrogens (tertiary/aromatic N) is 1. The molecule has 1 aromatic heterocycles. The fraction of sp³-hybridized carbons (Fsp3) is 0.615. The first-order valence-corrected chi connectivity index (χ1v) is 5.75.